The largest absolute Gasteiger partial charge is 0.478 e. The molecule has 0 amide bonds. The van der Waals surface area contributed by atoms with E-state index in [1.807, 2.05) is 13.8 Å². The highest BCUT2D eigenvalue weighted by molar-refractivity contribution is 8.18. The van der Waals surface area contributed by atoms with E-state index in [1.54, 1.807) is 0 Å². The zero-order valence-corrected chi connectivity index (χ0v) is 8.17. The molecular formula is C6H12O3S2. The molecule has 0 saturated heterocycles. The summed E-state index contributed by atoms with van der Waals surface area (Å²) >= 11 is 2.06. The third-order valence-corrected chi connectivity index (χ3v) is 3.37. The Labute approximate surface area is 74.6 Å². The Morgan fingerprint density at radius 1 is 1.36 bits per heavy atom. The quantitative estimate of drug-likeness (QED) is 0.648. The fourth-order valence-electron chi connectivity index (χ4n) is 0.556. The fraction of sp³-hybridized carbons (Fsp3) is 0.833. The second-order valence-corrected chi connectivity index (χ2v) is 4.93. The highest BCUT2D eigenvalue weighted by Crippen LogP contribution is 2.34. The van der Waals surface area contributed by atoms with Crippen molar-refractivity contribution in [3.8, 4) is 0 Å². The molecule has 0 rings (SSSR count). The molecule has 0 bridgehead atoms. The fourth-order valence-corrected chi connectivity index (χ4v) is 2.63. The molecular weight excluding hydrogens is 184 g/mol. The maximum absolute atomic E-state index is 10.5. The Morgan fingerprint density at radius 3 is 1.91 bits per heavy atom. The monoisotopic (exact) mass is 196 g/mol. The number of hydrogen-bond donors (Lipinski definition) is 2. The van der Waals surface area contributed by atoms with E-state index in [0.29, 0.717) is 11.5 Å². The van der Waals surface area contributed by atoms with Gasteiger partial charge in [-0.3, -0.25) is 0 Å². The number of carboxylic acids is 1. The van der Waals surface area contributed by atoms with Crippen LogP contribution < -0.4 is 0 Å². The molecule has 0 aliphatic heterocycles. The van der Waals surface area contributed by atoms with E-state index < -0.39 is 10.2 Å². The first-order valence-corrected chi connectivity index (χ1v) is 5.27. The molecule has 66 valence electrons. The summed E-state index contributed by atoms with van der Waals surface area (Å²) in [4.78, 5) is 10.5. The molecule has 2 N–H and O–H groups in total. The molecule has 0 saturated carbocycles. The van der Waals surface area contributed by atoms with Crippen LogP contribution in [0.25, 0.3) is 0 Å². The number of carbonyl (C=O) groups is 1. The van der Waals surface area contributed by atoms with Gasteiger partial charge in [-0.15, -0.1) is 23.5 Å². The van der Waals surface area contributed by atoms with Crippen LogP contribution in [0.5, 0.6) is 0 Å². The molecule has 0 heterocycles. The topological polar surface area (TPSA) is 57.5 Å². The van der Waals surface area contributed by atoms with Crippen molar-refractivity contribution in [3.05, 3.63) is 0 Å². The van der Waals surface area contributed by atoms with Crippen LogP contribution in [0, 0.1) is 0 Å². The second kappa shape index (κ2) is 4.90. The third kappa shape index (κ3) is 3.35. The predicted molar refractivity (Wildman–Crippen MR) is 48.8 cm³/mol. The first-order valence-electron chi connectivity index (χ1n) is 3.30. The number of thioether (sulfide) groups is 2. The molecule has 0 fully saturated rings. The first kappa shape index (κ1) is 11.1. The minimum atomic E-state index is -1.65. The average Bonchev–Trinajstić information content (AvgIpc) is 1.88. The van der Waals surface area contributed by atoms with E-state index in [0.717, 1.165) is 23.5 Å². The highest BCUT2D eigenvalue weighted by Gasteiger charge is 2.35. The molecule has 3 nitrogen and oxygen atoms in total. The van der Waals surface area contributed by atoms with E-state index in [1.165, 1.54) is 0 Å². The third-order valence-electron chi connectivity index (χ3n) is 0.950. The average molecular weight is 196 g/mol. The standard InChI is InChI=1S/C6H12O3S2/c1-3-10-6(9,5(7)8)11-4-2/h9H,3-4H2,1-2H3,(H,7,8). The lowest BCUT2D eigenvalue weighted by atomic mass is 10.7. The van der Waals surface area contributed by atoms with Gasteiger partial charge in [-0.25, -0.2) is 4.79 Å². The summed E-state index contributed by atoms with van der Waals surface area (Å²) in [5.74, 6) is 0.0159. The molecule has 0 radical (unpaired) electrons. The summed E-state index contributed by atoms with van der Waals surface area (Å²) in [7, 11) is 0. The number of aliphatic carboxylic acids is 1. The van der Waals surface area contributed by atoms with Crippen LogP contribution in [-0.4, -0.2) is 32.0 Å². The summed E-state index contributed by atoms with van der Waals surface area (Å²) in [6.07, 6.45) is 0. The summed E-state index contributed by atoms with van der Waals surface area (Å²) < 4.78 is -1.65. The molecule has 11 heavy (non-hydrogen) atoms. The lowest BCUT2D eigenvalue weighted by Gasteiger charge is -2.19. The Morgan fingerprint density at radius 2 is 1.73 bits per heavy atom. The number of rotatable bonds is 5. The van der Waals surface area contributed by atoms with Crippen molar-refractivity contribution in [1.82, 2.24) is 0 Å². The van der Waals surface area contributed by atoms with Crippen LogP contribution in [0.15, 0.2) is 0 Å². The van der Waals surface area contributed by atoms with Gasteiger partial charge in [0, 0.05) is 0 Å². The molecule has 0 atom stereocenters. The minimum absolute atomic E-state index is 0.593. The van der Waals surface area contributed by atoms with Crippen molar-refractivity contribution in [3.63, 3.8) is 0 Å². The van der Waals surface area contributed by atoms with Crippen LogP contribution in [0.3, 0.4) is 0 Å². The normalized spacial score (nSPS) is 11.5. The van der Waals surface area contributed by atoms with Crippen molar-refractivity contribution in [2.75, 3.05) is 11.5 Å². The van der Waals surface area contributed by atoms with Gasteiger partial charge < -0.3 is 10.2 Å². The van der Waals surface area contributed by atoms with Crippen molar-refractivity contribution in [1.29, 1.82) is 0 Å². The molecule has 0 aromatic rings. The minimum Gasteiger partial charge on any atom is -0.478 e. The van der Waals surface area contributed by atoms with E-state index in [4.69, 9.17) is 5.11 Å². The summed E-state index contributed by atoms with van der Waals surface area (Å²) in [6.45, 7) is 3.63. The smallest absolute Gasteiger partial charge is 0.357 e. The Hall–Kier alpha value is 0.130. The van der Waals surface area contributed by atoms with Gasteiger partial charge in [-0.2, -0.15) is 0 Å². The molecule has 5 heteroatoms. The highest BCUT2D eigenvalue weighted by atomic mass is 32.2. The summed E-state index contributed by atoms with van der Waals surface area (Å²) in [6, 6.07) is 0. The number of carboxylic acid groups (broad SMARTS) is 1. The van der Waals surface area contributed by atoms with Crippen LogP contribution in [-0.2, 0) is 4.79 Å². The van der Waals surface area contributed by atoms with Gasteiger partial charge >= 0.3 is 5.97 Å². The molecule has 0 aromatic heterocycles. The summed E-state index contributed by atoms with van der Waals surface area (Å²) in [5, 5.41) is 18.0. The van der Waals surface area contributed by atoms with Gasteiger partial charge in [-0.1, -0.05) is 13.8 Å². The van der Waals surface area contributed by atoms with Gasteiger partial charge in [0.15, 0.2) is 0 Å². The Kier molecular flexibility index (Phi) is 4.96. The van der Waals surface area contributed by atoms with Crippen molar-refractivity contribution < 1.29 is 15.0 Å². The van der Waals surface area contributed by atoms with Crippen molar-refractivity contribution in [2.45, 2.75) is 18.1 Å². The molecule has 0 aliphatic carbocycles. The predicted octanol–water partition coefficient (Wildman–Crippen LogP) is 1.22. The molecule has 0 aromatic carbocycles. The lowest BCUT2D eigenvalue weighted by molar-refractivity contribution is -0.143. The van der Waals surface area contributed by atoms with Gasteiger partial charge in [0.1, 0.15) is 0 Å². The van der Waals surface area contributed by atoms with E-state index in [-0.39, 0.29) is 0 Å². The lowest BCUT2D eigenvalue weighted by Crippen LogP contribution is -2.31. The second-order valence-electron chi connectivity index (χ2n) is 1.75. The van der Waals surface area contributed by atoms with Gasteiger partial charge in [0.25, 0.3) is 4.27 Å². The zero-order valence-electron chi connectivity index (χ0n) is 6.53. The first-order chi connectivity index (χ1) is 5.06. The van der Waals surface area contributed by atoms with Gasteiger partial charge in [0.05, 0.1) is 0 Å². The van der Waals surface area contributed by atoms with Crippen LogP contribution in [0.2, 0.25) is 0 Å². The van der Waals surface area contributed by atoms with E-state index in [2.05, 4.69) is 0 Å². The summed E-state index contributed by atoms with van der Waals surface area (Å²) in [5.41, 5.74) is 0. The zero-order chi connectivity index (χ0) is 8.91. The molecule has 0 spiro atoms. The van der Waals surface area contributed by atoms with Crippen molar-refractivity contribution >= 4 is 29.5 Å². The molecule has 0 aliphatic rings. The van der Waals surface area contributed by atoms with Crippen LogP contribution in [0.1, 0.15) is 13.8 Å². The van der Waals surface area contributed by atoms with E-state index >= 15 is 0 Å². The number of hydrogen-bond acceptors (Lipinski definition) is 4. The van der Waals surface area contributed by atoms with E-state index in [9.17, 15) is 9.90 Å². The van der Waals surface area contributed by atoms with Crippen LogP contribution in [0.4, 0.5) is 0 Å². The van der Waals surface area contributed by atoms with Crippen LogP contribution >= 0.6 is 23.5 Å². The Balaban J connectivity index is 4.13. The van der Waals surface area contributed by atoms with Gasteiger partial charge in [-0.05, 0) is 11.5 Å². The molecule has 0 unspecified atom stereocenters. The SMILES string of the molecule is CCSC(O)(SCC)C(=O)O. The van der Waals surface area contributed by atoms with Crippen molar-refractivity contribution in [2.24, 2.45) is 0 Å². The maximum atomic E-state index is 10.5. The van der Waals surface area contributed by atoms with Gasteiger partial charge in [0.2, 0.25) is 0 Å². The maximum Gasteiger partial charge on any atom is 0.357 e. The number of aliphatic hydroxyl groups is 1. The Bertz CT molecular complexity index is 132.